The number of ether oxygens (including phenoxy) is 1. The molecule has 1 aliphatic carbocycles. The van der Waals surface area contributed by atoms with Crippen molar-refractivity contribution in [1.29, 1.82) is 0 Å². The fraction of sp³-hybridized carbons (Fsp3) is 0.412. The van der Waals surface area contributed by atoms with E-state index in [1.165, 1.54) is 18.4 Å². The van der Waals surface area contributed by atoms with Crippen molar-refractivity contribution in [3.63, 3.8) is 0 Å². The third kappa shape index (κ3) is 3.35. The van der Waals surface area contributed by atoms with Gasteiger partial charge >= 0.3 is 0 Å². The van der Waals surface area contributed by atoms with Crippen molar-refractivity contribution < 1.29 is 4.74 Å². The van der Waals surface area contributed by atoms with Crippen molar-refractivity contribution in [1.82, 2.24) is 14.8 Å². The van der Waals surface area contributed by atoms with Crippen molar-refractivity contribution in [3.8, 4) is 5.75 Å². The number of hydrogen-bond acceptors (Lipinski definition) is 4. The molecule has 116 valence electrons. The van der Waals surface area contributed by atoms with Crippen LogP contribution in [0.15, 0.2) is 42.1 Å². The van der Waals surface area contributed by atoms with E-state index in [4.69, 9.17) is 4.74 Å². The molecule has 0 saturated heterocycles. The van der Waals surface area contributed by atoms with Gasteiger partial charge < -0.3 is 9.30 Å². The first-order chi connectivity index (χ1) is 10.8. The van der Waals surface area contributed by atoms with E-state index < -0.39 is 0 Å². The lowest BCUT2D eigenvalue weighted by molar-refractivity contribution is 0.337. The zero-order valence-electron chi connectivity index (χ0n) is 12.9. The lowest BCUT2D eigenvalue weighted by Gasteiger charge is -2.10. The van der Waals surface area contributed by atoms with Gasteiger partial charge in [0.05, 0.1) is 6.61 Å². The molecule has 0 amide bonds. The molecule has 1 fully saturated rings. The first kappa shape index (κ1) is 15.2. The first-order valence-electron chi connectivity index (χ1n) is 7.71. The van der Waals surface area contributed by atoms with E-state index in [1.807, 2.05) is 31.2 Å². The molecule has 0 atom stereocenters. The van der Waals surface area contributed by atoms with Crippen molar-refractivity contribution in [3.05, 3.63) is 48.3 Å². The number of benzene rings is 1. The van der Waals surface area contributed by atoms with Gasteiger partial charge in [-0.25, -0.2) is 0 Å². The predicted molar refractivity (Wildman–Crippen MR) is 89.4 cm³/mol. The molecule has 1 aromatic heterocycles. The molecular formula is C17H21N3OS. The van der Waals surface area contributed by atoms with Crippen LogP contribution in [0.2, 0.25) is 0 Å². The Hall–Kier alpha value is -1.75. The second-order valence-corrected chi connectivity index (χ2v) is 6.29. The predicted octanol–water partition coefficient (Wildman–Crippen LogP) is 4.03. The quantitative estimate of drug-likeness (QED) is 0.544. The van der Waals surface area contributed by atoms with Gasteiger partial charge in [0.1, 0.15) is 11.6 Å². The Bertz CT molecular complexity index is 649. The van der Waals surface area contributed by atoms with Gasteiger partial charge in [0.25, 0.3) is 0 Å². The van der Waals surface area contributed by atoms with E-state index in [1.54, 1.807) is 11.8 Å². The van der Waals surface area contributed by atoms with Crippen molar-refractivity contribution in [2.24, 2.45) is 0 Å². The minimum absolute atomic E-state index is 0.595. The topological polar surface area (TPSA) is 39.9 Å². The number of nitrogens with zero attached hydrogens (tertiary/aromatic N) is 3. The van der Waals surface area contributed by atoms with Crippen LogP contribution in [-0.4, -0.2) is 21.4 Å². The highest BCUT2D eigenvalue weighted by molar-refractivity contribution is 7.98. The van der Waals surface area contributed by atoms with Gasteiger partial charge in [0, 0.05) is 23.8 Å². The van der Waals surface area contributed by atoms with E-state index in [0.717, 1.165) is 29.0 Å². The molecule has 0 N–H and O–H groups in total. The van der Waals surface area contributed by atoms with Gasteiger partial charge in [0.2, 0.25) is 0 Å². The van der Waals surface area contributed by atoms with Gasteiger partial charge in [0.15, 0.2) is 5.16 Å². The maximum absolute atomic E-state index is 5.68. The van der Waals surface area contributed by atoms with Crippen LogP contribution >= 0.6 is 11.8 Å². The molecule has 4 nitrogen and oxygen atoms in total. The van der Waals surface area contributed by atoms with Gasteiger partial charge in [-0.3, -0.25) is 0 Å². The summed E-state index contributed by atoms with van der Waals surface area (Å²) in [6.45, 7) is 7.31. The second-order valence-electron chi connectivity index (χ2n) is 5.34. The van der Waals surface area contributed by atoms with Crippen molar-refractivity contribution >= 4 is 11.8 Å². The molecule has 0 unspecified atom stereocenters. The summed E-state index contributed by atoms with van der Waals surface area (Å²) in [4.78, 5) is 0. The number of para-hydroxylation sites is 1. The number of hydrogen-bond donors (Lipinski definition) is 0. The maximum Gasteiger partial charge on any atom is 0.191 e. The fourth-order valence-corrected chi connectivity index (χ4v) is 3.36. The Morgan fingerprint density at radius 1 is 1.36 bits per heavy atom. The largest absolute Gasteiger partial charge is 0.494 e. The van der Waals surface area contributed by atoms with Gasteiger partial charge in [-0.05, 0) is 25.8 Å². The lowest BCUT2D eigenvalue weighted by atomic mass is 10.2. The molecule has 3 rings (SSSR count). The minimum atomic E-state index is 0.595. The molecule has 0 bridgehead atoms. The van der Waals surface area contributed by atoms with E-state index in [9.17, 15) is 0 Å². The summed E-state index contributed by atoms with van der Waals surface area (Å²) in [6, 6.07) is 8.17. The second kappa shape index (κ2) is 7.01. The van der Waals surface area contributed by atoms with Gasteiger partial charge in [-0.15, -0.1) is 16.8 Å². The van der Waals surface area contributed by atoms with E-state index >= 15 is 0 Å². The Balaban J connectivity index is 1.75. The zero-order valence-corrected chi connectivity index (χ0v) is 13.7. The van der Waals surface area contributed by atoms with Crippen LogP contribution in [0.5, 0.6) is 5.75 Å². The molecule has 1 saturated carbocycles. The van der Waals surface area contributed by atoms with Crippen LogP contribution in [0.3, 0.4) is 0 Å². The summed E-state index contributed by atoms with van der Waals surface area (Å²) in [6.07, 6.45) is 4.37. The summed E-state index contributed by atoms with van der Waals surface area (Å²) >= 11 is 1.71. The highest BCUT2D eigenvalue weighted by atomic mass is 32.2. The lowest BCUT2D eigenvalue weighted by Crippen LogP contribution is -2.03. The van der Waals surface area contributed by atoms with Crippen molar-refractivity contribution in [2.75, 3.05) is 6.61 Å². The van der Waals surface area contributed by atoms with E-state index in [0.29, 0.717) is 12.5 Å². The molecular weight excluding hydrogens is 294 g/mol. The van der Waals surface area contributed by atoms with Crippen LogP contribution in [0.1, 0.15) is 37.1 Å². The van der Waals surface area contributed by atoms with Crippen LogP contribution in [0.25, 0.3) is 0 Å². The molecule has 0 aliphatic heterocycles. The number of aromatic nitrogens is 3. The Labute approximate surface area is 135 Å². The third-order valence-electron chi connectivity index (χ3n) is 3.63. The molecule has 2 aromatic rings. The van der Waals surface area contributed by atoms with Crippen molar-refractivity contribution in [2.45, 2.75) is 43.1 Å². The average Bonchev–Trinajstić information content (AvgIpc) is 3.30. The summed E-state index contributed by atoms with van der Waals surface area (Å²) < 4.78 is 7.88. The molecule has 0 radical (unpaired) electrons. The summed E-state index contributed by atoms with van der Waals surface area (Å²) in [5.41, 5.74) is 1.19. The summed E-state index contributed by atoms with van der Waals surface area (Å²) in [5, 5.41) is 9.72. The highest BCUT2D eigenvalue weighted by Crippen LogP contribution is 2.40. The fourth-order valence-electron chi connectivity index (χ4n) is 2.41. The SMILES string of the molecule is C=CCn1c(SCc2ccccc2OCC)nnc1C1CC1. The van der Waals surface area contributed by atoms with E-state index in [2.05, 4.69) is 27.4 Å². The number of rotatable bonds is 8. The first-order valence-corrected chi connectivity index (χ1v) is 8.69. The minimum Gasteiger partial charge on any atom is -0.494 e. The molecule has 0 spiro atoms. The molecule has 22 heavy (non-hydrogen) atoms. The molecule has 1 aromatic carbocycles. The maximum atomic E-state index is 5.68. The van der Waals surface area contributed by atoms with Gasteiger partial charge in [-0.2, -0.15) is 0 Å². The molecule has 1 heterocycles. The Morgan fingerprint density at radius 2 is 2.18 bits per heavy atom. The monoisotopic (exact) mass is 315 g/mol. The molecule has 1 aliphatic rings. The third-order valence-corrected chi connectivity index (χ3v) is 4.64. The zero-order chi connectivity index (χ0) is 15.4. The summed E-state index contributed by atoms with van der Waals surface area (Å²) in [5.74, 6) is 3.49. The Morgan fingerprint density at radius 3 is 2.91 bits per heavy atom. The van der Waals surface area contributed by atoms with Crippen LogP contribution in [0.4, 0.5) is 0 Å². The smallest absolute Gasteiger partial charge is 0.191 e. The normalized spacial score (nSPS) is 14.0. The van der Waals surface area contributed by atoms with Crippen LogP contribution in [-0.2, 0) is 12.3 Å². The van der Waals surface area contributed by atoms with E-state index in [-0.39, 0.29) is 0 Å². The molecule has 5 heteroatoms. The Kier molecular flexibility index (Phi) is 4.83. The van der Waals surface area contributed by atoms with Crippen LogP contribution in [0, 0.1) is 0 Å². The average molecular weight is 315 g/mol. The van der Waals surface area contributed by atoms with Gasteiger partial charge in [-0.1, -0.05) is 36.0 Å². The standard InChI is InChI=1S/C17H21N3OS/c1-3-11-20-16(13-9-10-13)18-19-17(20)22-12-14-7-5-6-8-15(14)21-4-2/h3,5-8,13H,1,4,9-12H2,2H3. The number of thioether (sulfide) groups is 1. The summed E-state index contributed by atoms with van der Waals surface area (Å²) in [7, 11) is 0. The number of allylic oxidation sites excluding steroid dienone is 1. The highest BCUT2D eigenvalue weighted by Gasteiger charge is 2.30. The van der Waals surface area contributed by atoms with Crippen LogP contribution < -0.4 is 4.74 Å².